The topological polar surface area (TPSA) is 73.8 Å². The van der Waals surface area contributed by atoms with Crippen molar-refractivity contribution in [2.24, 2.45) is 0 Å². The van der Waals surface area contributed by atoms with Crippen LogP contribution in [0.15, 0.2) is 42.5 Å². The Balaban J connectivity index is 0.000000567. The van der Waals surface area contributed by atoms with Gasteiger partial charge in [-0.05, 0) is 55.5 Å². The summed E-state index contributed by atoms with van der Waals surface area (Å²) in [5.41, 5.74) is 4.47. The summed E-state index contributed by atoms with van der Waals surface area (Å²) in [7, 11) is 1.71. The van der Waals surface area contributed by atoms with Crippen LogP contribution < -0.4 is 20.4 Å². The van der Waals surface area contributed by atoms with E-state index in [4.69, 9.17) is 4.74 Å². The standard InChI is InChI=1S/C21H27N3O2.C7H14O.2ClH/c1-26-20-13-16-9-11-24(25)19(16)12-17(20)14-23-18-8-5-10-22-21(18)15-6-3-2-4-7-15;1-2-3-4-5-6-7-8;;/h2-4,6-7,12-13,18,21-23,25H,5,8-11,14H2,1H3;7H,2-6H2,1H3;2*1H. The van der Waals surface area contributed by atoms with Gasteiger partial charge in [-0.2, -0.15) is 0 Å². The van der Waals surface area contributed by atoms with Gasteiger partial charge in [0.15, 0.2) is 0 Å². The number of hydroxylamine groups is 1. The summed E-state index contributed by atoms with van der Waals surface area (Å²) in [5, 5.41) is 18.8. The van der Waals surface area contributed by atoms with E-state index < -0.39 is 0 Å². The summed E-state index contributed by atoms with van der Waals surface area (Å²) < 4.78 is 5.60. The Hall–Kier alpha value is -1.83. The maximum atomic E-state index is 10.0. The third kappa shape index (κ3) is 9.24. The molecule has 0 bridgehead atoms. The summed E-state index contributed by atoms with van der Waals surface area (Å²) in [5.74, 6) is 0.895. The monoisotopic (exact) mass is 539 g/mol. The first-order valence-corrected chi connectivity index (χ1v) is 12.8. The number of fused-ring (bicyclic) bond motifs is 1. The van der Waals surface area contributed by atoms with Gasteiger partial charge >= 0.3 is 0 Å². The molecule has 2 heterocycles. The third-order valence-corrected chi connectivity index (χ3v) is 6.70. The molecule has 2 aliphatic rings. The van der Waals surface area contributed by atoms with Crippen LogP contribution in [0, 0.1) is 0 Å². The van der Waals surface area contributed by atoms with Crippen molar-refractivity contribution in [3.05, 3.63) is 59.2 Å². The fourth-order valence-corrected chi connectivity index (χ4v) is 4.78. The van der Waals surface area contributed by atoms with E-state index in [2.05, 4.69) is 60.0 Å². The molecule has 1 saturated heterocycles. The van der Waals surface area contributed by atoms with E-state index in [9.17, 15) is 10.0 Å². The predicted octanol–water partition coefficient (Wildman–Crippen LogP) is 6.03. The molecule has 0 radical (unpaired) electrons. The van der Waals surface area contributed by atoms with E-state index in [1.807, 2.05) is 0 Å². The molecule has 2 unspecified atom stereocenters. The van der Waals surface area contributed by atoms with E-state index in [-0.39, 0.29) is 24.8 Å². The SMILES string of the molecule is CCCCCCC=O.COc1cc2c(cc1CNC1CCCNC1c1ccccc1)N(O)CC2.Cl.Cl. The maximum Gasteiger partial charge on any atom is 0.123 e. The summed E-state index contributed by atoms with van der Waals surface area (Å²) in [4.78, 5) is 9.77. The molecule has 2 atom stereocenters. The Kier molecular flexibility index (Phi) is 15.7. The molecule has 2 aromatic carbocycles. The first-order chi connectivity index (χ1) is 16.7. The van der Waals surface area contributed by atoms with Crippen molar-refractivity contribution in [1.82, 2.24) is 10.6 Å². The highest BCUT2D eigenvalue weighted by molar-refractivity contribution is 5.85. The van der Waals surface area contributed by atoms with E-state index >= 15 is 0 Å². The number of benzene rings is 2. The summed E-state index contributed by atoms with van der Waals surface area (Å²) in [6.07, 6.45) is 9.74. The van der Waals surface area contributed by atoms with Gasteiger partial charge in [-0.25, -0.2) is 0 Å². The lowest BCUT2D eigenvalue weighted by Crippen LogP contribution is -2.45. The van der Waals surface area contributed by atoms with Crippen LogP contribution in [0.5, 0.6) is 5.75 Å². The van der Waals surface area contributed by atoms with Gasteiger partial charge < -0.3 is 20.2 Å². The van der Waals surface area contributed by atoms with Gasteiger partial charge in [-0.3, -0.25) is 10.3 Å². The van der Waals surface area contributed by atoms with E-state index in [0.717, 1.165) is 67.6 Å². The molecule has 0 saturated carbocycles. The molecule has 202 valence electrons. The number of halogens is 2. The number of nitrogens with one attached hydrogen (secondary N) is 2. The highest BCUT2D eigenvalue weighted by Crippen LogP contribution is 2.34. The number of hydrogen-bond donors (Lipinski definition) is 3. The average molecular weight is 541 g/mol. The predicted molar refractivity (Wildman–Crippen MR) is 152 cm³/mol. The van der Waals surface area contributed by atoms with Gasteiger partial charge in [0, 0.05) is 37.2 Å². The summed E-state index contributed by atoms with van der Waals surface area (Å²) in [6, 6.07) is 15.5. The van der Waals surface area contributed by atoms with Crippen molar-refractivity contribution in [1.29, 1.82) is 0 Å². The molecule has 6 nitrogen and oxygen atoms in total. The number of carbonyl (C=O) groups is 1. The van der Waals surface area contributed by atoms with Crippen molar-refractivity contribution in [3.8, 4) is 5.75 Å². The molecule has 2 aromatic rings. The molecule has 0 spiro atoms. The Bertz CT molecular complexity index is 886. The van der Waals surface area contributed by atoms with Crippen LogP contribution in [-0.2, 0) is 17.8 Å². The van der Waals surface area contributed by atoms with Gasteiger partial charge in [0.05, 0.1) is 12.8 Å². The van der Waals surface area contributed by atoms with Crippen molar-refractivity contribution in [3.63, 3.8) is 0 Å². The second kappa shape index (κ2) is 17.6. The maximum absolute atomic E-state index is 10.0. The number of ether oxygens (including phenoxy) is 1. The Labute approximate surface area is 229 Å². The van der Waals surface area contributed by atoms with Crippen LogP contribution in [0.25, 0.3) is 0 Å². The number of carbonyl (C=O) groups excluding carboxylic acids is 1. The second-order valence-corrected chi connectivity index (χ2v) is 9.15. The molecule has 3 N–H and O–H groups in total. The largest absolute Gasteiger partial charge is 0.496 e. The summed E-state index contributed by atoms with van der Waals surface area (Å²) >= 11 is 0. The lowest BCUT2D eigenvalue weighted by atomic mass is 9.92. The molecule has 0 aliphatic carbocycles. The number of aldehydes is 1. The molecule has 4 rings (SSSR count). The molecular formula is C28H43Cl2N3O3. The van der Waals surface area contributed by atoms with Crippen molar-refractivity contribution < 1.29 is 14.7 Å². The van der Waals surface area contributed by atoms with Gasteiger partial charge in [0.1, 0.15) is 12.0 Å². The number of nitrogens with zero attached hydrogens (tertiary/aromatic N) is 1. The lowest BCUT2D eigenvalue weighted by molar-refractivity contribution is -0.107. The van der Waals surface area contributed by atoms with Gasteiger partial charge in [0.25, 0.3) is 0 Å². The second-order valence-electron chi connectivity index (χ2n) is 9.15. The average Bonchev–Trinajstić information content (AvgIpc) is 3.25. The molecule has 36 heavy (non-hydrogen) atoms. The number of rotatable bonds is 10. The van der Waals surface area contributed by atoms with E-state index in [1.165, 1.54) is 36.3 Å². The number of anilines is 1. The Morgan fingerprint density at radius 3 is 2.64 bits per heavy atom. The number of methoxy groups -OCH3 is 1. The molecular weight excluding hydrogens is 497 g/mol. The molecule has 1 fully saturated rings. The van der Waals surface area contributed by atoms with Crippen molar-refractivity contribution in [2.75, 3.05) is 25.3 Å². The first-order valence-electron chi connectivity index (χ1n) is 12.8. The smallest absolute Gasteiger partial charge is 0.123 e. The molecule has 8 heteroatoms. The van der Waals surface area contributed by atoms with Crippen molar-refractivity contribution >= 4 is 36.8 Å². The van der Waals surface area contributed by atoms with Crippen LogP contribution in [0.1, 0.15) is 74.6 Å². The third-order valence-electron chi connectivity index (χ3n) is 6.70. The van der Waals surface area contributed by atoms with Gasteiger partial charge in [0.2, 0.25) is 0 Å². The highest BCUT2D eigenvalue weighted by Gasteiger charge is 2.26. The zero-order chi connectivity index (χ0) is 24.2. The van der Waals surface area contributed by atoms with Crippen LogP contribution >= 0.6 is 24.8 Å². The van der Waals surface area contributed by atoms with Crippen LogP contribution in [-0.4, -0.2) is 37.7 Å². The fourth-order valence-electron chi connectivity index (χ4n) is 4.78. The quantitative estimate of drug-likeness (QED) is 0.253. The molecule has 2 aliphatic heterocycles. The van der Waals surface area contributed by atoms with E-state index in [0.29, 0.717) is 18.6 Å². The fraction of sp³-hybridized carbons (Fsp3) is 0.536. The van der Waals surface area contributed by atoms with Crippen LogP contribution in [0.3, 0.4) is 0 Å². The lowest BCUT2D eigenvalue weighted by Gasteiger charge is -2.34. The first kappa shape index (κ1) is 32.2. The van der Waals surface area contributed by atoms with E-state index in [1.54, 1.807) is 7.11 Å². The zero-order valence-electron chi connectivity index (χ0n) is 21.6. The minimum Gasteiger partial charge on any atom is -0.496 e. The highest BCUT2D eigenvalue weighted by atomic mass is 35.5. The Morgan fingerprint density at radius 1 is 1.17 bits per heavy atom. The van der Waals surface area contributed by atoms with Crippen LogP contribution in [0.4, 0.5) is 5.69 Å². The van der Waals surface area contributed by atoms with Crippen molar-refractivity contribution in [2.45, 2.75) is 76.9 Å². The van der Waals surface area contributed by atoms with Crippen LogP contribution in [0.2, 0.25) is 0 Å². The normalized spacial score (nSPS) is 18.1. The number of hydrogen-bond acceptors (Lipinski definition) is 6. The number of piperidine rings is 1. The number of unbranched alkanes of at least 4 members (excludes halogenated alkanes) is 4. The zero-order valence-corrected chi connectivity index (χ0v) is 23.2. The molecule has 0 amide bonds. The molecule has 0 aromatic heterocycles. The Morgan fingerprint density at radius 2 is 1.94 bits per heavy atom. The van der Waals surface area contributed by atoms with Gasteiger partial charge in [-0.15, -0.1) is 24.8 Å². The summed E-state index contributed by atoms with van der Waals surface area (Å²) in [6.45, 7) is 4.60. The minimum atomic E-state index is 0. The van der Waals surface area contributed by atoms with Gasteiger partial charge in [-0.1, -0.05) is 56.5 Å². The minimum absolute atomic E-state index is 0.